The number of hydrogen-bond acceptors (Lipinski definition) is 5. The quantitative estimate of drug-likeness (QED) is 0.649. The highest BCUT2D eigenvalue weighted by Gasteiger charge is 2.35. The Morgan fingerprint density at radius 1 is 1.26 bits per heavy atom. The minimum Gasteiger partial charge on any atom is -0.478 e. The first kappa shape index (κ1) is 24.2. The molecule has 0 spiro atoms. The van der Waals surface area contributed by atoms with Crippen LogP contribution in [0.4, 0.5) is 10.1 Å². The zero-order valence-electron chi connectivity index (χ0n) is 19.1. The number of benzene rings is 2. The van der Waals surface area contributed by atoms with Gasteiger partial charge in [-0.2, -0.15) is 4.31 Å². The maximum Gasteiger partial charge on any atom is 0.265 e. The van der Waals surface area contributed by atoms with Gasteiger partial charge in [-0.15, -0.1) is 0 Å². The molecule has 2 atom stereocenters. The molecule has 10 heteroatoms. The maximum atomic E-state index is 13.5. The largest absolute Gasteiger partial charge is 0.478 e. The van der Waals surface area contributed by atoms with Crippen LogP contribution >= 0.6 is 0 Å². The van der Waals surface area contributed by atoms with E-state index in [4.69, 9.17) is 4.74 Å². The molecule has 2 aliphatic rings. The SMILES string of the molecule is CC[C@H]1Oc2cc(S(=O)(=O)N3CCC[C@H](C(=O)NCc4ccc(F)cc4)C3)c(C)cc2NC1=O. The lowest BCUT2D eigenvalue weighted by Crippen LogP contribution is -2.45. The van der Waals surface area contributed by atoms with Crippen molar-refractivity contribution in [2.75, 3.05) is 18.4 Å². The van der Waals surface area contributed by atoms with Gasteiger partial charge in [-0.25, -0.2) is 12.8 Å². The smallest absolute Gasteiger partial charge is 0.265 e. The number of amides is 2. The van der Waals surface area contributed by atoms with Crippen LogP contribution in [0.1, 0.15) is 37.3 Å². The summed E-state index contributed by atoms with van der Waals surface area (Å²) in [5.41, 5.74) is 1.69. The topological polar surface area (TPSA) is 105 Å². The molecular weight excluding hydrogens is 461 g/mol. The molecule has 0 radical (unpaired) electrons. The fourth-order valence-corrected chi connectivity index (χ4v) is 6.03. The molecule has 2 amide bonds. The summed E-state index contributed by atoms with van der Waals surface area (Å²) in [6.45, 7) is 4.12. The van der Waals surface area contributed by atoms with E-state index in [-0.39, 0.29) is 35.6 Å². The zero-order chi connectivity index (χ0) is 24.5. The van der Waals surface area contributed by atoms with E-state index in [9.17, 15) is 22.4 Å². The van der Waals surface area contributed by atoms with Crippen LogP contribution in [-0.4, -0.2) is 43.7 Å². The number of halogens is 1. The summed E-state index contributed by atoms with van der Waals surface area (Å²) in [6, 6.07) is 8.91. The Kier molecular flexibility index (Phi) is 6.90. The summed E-state index contributed by atoms with van der Waals surface area (Å²) >= 11 is 0. The number of hydrogen-bond donors (Lipinski definition) is 2. The number of anilines is 1. The summed E-state index contributed by atoms with van der Waals surface area (Å²) in [5, 5.41) is 5.59. The monoisotopic (exact) mass is 489 g/mol. The van der Waals surface area contributed by atoms with Crippen molar-refractivity contribution in [3.05, 3.63) is 53.3 Å². The van der Waals surface area contributed by atoms with Gasteiger partial charge in [0.05, 0.1) is 16.5 Å². The van der Waals surface area contributed by atoms with E-state index in [1.54, 1.807) is 25.1 Å². The van der Waals surface area contributed by atoms with E-state index in [0.29, 0.717) is 42.8 Å². The predicted molar refractivity (Wildman–Crippen MR) is 124 cm³/mol. The van der Waals surface area contributed by atoms with Crippen molar-refractivity contribution in [1.82, 2.24) is 9.62 Å². The molecular formula is C24H28FN3O5S. The van der Waals surface area contributed by atoms with Gasteiger partial charge in [0.15, 0.2) is 6.10 Å². The Labute approximate surface area is 198 Å². The van der Waals surface area contributed by atoms with Crippen molar-refractivity contribution in [3.63, 3.8) is 0 Å². The Morgan fingerprint density at radius 2 is 2.00 bits per heavy atom. The highest BCUT2D eigenvalue weighted by atomic mass is 32.2. The number of piperidine rings is 1. The van der Waals surface area contributed by atoms with Crippen LogP contribution in [0.25, 0.3) is 0 Å². The molecule has 2 aromatic carbocycles. The fourth-order valence-electron chi connectivity index (χ4n) is 4.28. The lowest BCUT2D eigenvalue weighted by molar-refractivity contribution is -0.126. The number of carbonyl (C=O) groups excluding carboxylic acids is 2. The lowest BCUT2D eigenvalue weighted by atomic mass is 9.99. The molecule has 2 aliphatic heterocycles. The number of carbonyl (C=O) groups is 2. The van der Waals surface area contributed by atoms with Crippen molar-refractivity contribution < 1.29 is 27.1 Å². The molecule has 2 aromatic rings. The minimum atomic E-state index is -3.88. The third-order valence-electron chi connectivity index (χ3n) is 6.22. The van der Waals surface area contributed by atoms with Crippen LogP contribution in [0.2, 0.25) is 0 Å². The third kappa shape index (κ3) is 4.92. The van der Waals surface area contributed by atoms with Gasteiger partial charge in [-0.1, -0.05) is 19.1 Å². The molecule has 2 N–H and O–H groups in total. The van der Waals surface area contributed by atoms with Gasteiger partial charge >= 0.3 is 0 Å². The van der Waals surface area contributed by atoms with Gasteiger partial charge in [-0.05, 0) is 55.5 Å². The van der Waals surface area contributed by atoms with Crippen LogP contribution in [-0.2, 0) is 26.2 Å². The third-order valence-corrected chi connectivity index (χ3v) is 8.23. The Morgan fingerprint density at radius 3 is 2.71 bits per heavy atom. The van der Waals surface area contributed by atoms with E-state index in [0.717, 1.165) is 5.56 Å². The van der Waals surface area contributed by atoms with Gasteiger partial charge in [-0.3, -0.25) is 9.59 Å². The average Bonchev–Trinajstić information content (AvgIpc) is 2.82. The molecule has 0 saturated carbocycles. The molecule has 0 bridgehead atoms. The van der Waals surface area contributed by atoms with E-state index < -0.39 is 22.0 Å². The van der Waals surface area contributed by atoms with E-state index in [1.165, 1.54) is 22.5 Å². The highest BCUT2D eigenvalue weighted by molar-refractivity contribution is 7.89. The molecule has 0 unspecified atom stereocenters. The molecule has 182 valence electrons. The molecule has 34 heavy (non-hydrogen) atoms. The summed E-state index contributed by atoms with van der Waals surface area (Å²) in [5.74, 6) is -0.999. The second-order valence-electron chi connectivity index (χ2n) is 8.66. The van der Waals surface area contributed by atoms with Crippen molar-refractivity contribution in [1.29, 1.82) is 0 Å². The van der Waals surface area contributed by atoms with Crippen molar-refractivity contribution >= 4 is 27.5 Å². The standard InChI is InChI=1S/C24H28FN3O5S/c1-3-20-24(30)27-19-11-15(2)22(12-21(19)33-20)34(31,32)28-10-4-5-17(14-28)23(29)26-13-16-6-8-18(25)9-7-16/h6-9,11-12,17,20H,3-5,10,13-14H2,1-2H3,(H,26,29)(H,27,30)/t17-,20+/m0/s1. The van der Waals surface area contributed by atoms with Crippen LogP contribution in [0.5, 0.6) is 5.75 Å². The number of sulfonamides is 1. The van der Waals surface area contributed by atoms with Crippen molar-refractivity contribution in [2.24, 2.45) is 5.92 Å². The maximum absolute atomic E-state index is 13.5. The van der Waals surface area contributed by atoms with Crippen LogP contribution < -0.4 is 15.4 Å². The number of nitrogens with zero attached hydrogens (tertiary/aromatic N) is 1. The number of ether oxygens (including phenoxy) is 1. The number of fused-ring (bicyclic) bond motifs is 1. The van der Waals surface area contributed by atoms with Crippen molar-refractivity contribution in [3.8, 4) is 5.75 Å². The number of nitrogens with one attached hydrogen (secondary N) is 2. The first-order valence-corrected chi connectivity index (χ1v) is 12.8. The number of aryl methyl sites for hydroxylation is 1. The summed E-state index contributed by atoms with van der Waals surface area (Å²) < 4.78 is 47.1. The first-order valence-electron chi connectivity index (χ1n) is 11.3. The summed E-state index contributed by atoms with van der Waals surface area (Å²) in [6.07, 6.45) is 0.928. The molecule has 2 heterocycles. The van der Waals surface area contributed by atoms with Crippen molar-refractivity contribution in [2.45, 2.75) is 50.7 Å². The zero-order valence-corrected chi connectivity index (χ0v) is 20.0. The minimum absolute atomic E-state index is 0.0727. The molecule has 0 aromatic heterocycles. The molecule has 1 saturated heterocycles. The van der Waals surface area contributed by atoms with Gasteiger partial charge in [0.2, 0.25) is 15.9 Å². The van der Waals surface area contributed by atoms with E-state index >= 15 is 0 Å². The summed E-state index contributed by atoms with van der Waals surface area (Å²) in [7, 11) is -3.88. The fraction of sp³-hybridized carbons (Fsp3) is 0.417. The van der Waals surface area contributed by atoms with Gasteiger partial charge in [0.1, 0.15) is 11.6 Å². The molecule has 1 fully saturated rings. The Hall–Kier alpha value is -2.98. The predicted octanol–water partition coefficient (Wildman–Crippen LogP) is 2.96. The highest BCUT2D eigenvalue weighted by Crippen LogP contribution is 2.36. The second kappa shape index (κ2) is 9.71. The van der Waals surface area contributed by atoms with Gasteiger partial charge in [0, 0.05) is 25.7 Å². The lowest BCUT2D eigenvalue weighted by Gasteiger charge is -2.32. The summed E-state index contributed by atoms with van der Waals surface area (Å²) in [4.78, 5) is 24.9. The first-order chi connectivity index (χ1) is 16.2. The van der Waals surface area contributed by atoms with Crippen LogP contribution in [0.15, 0.2) is 41.3 Å². The second-order valence-corrected chi connectivity index (χ2v) is 10.6. The normalized spacial score (nSPS) is 20.7. The molecule has 4 rings (SSSR count). The Balaban J connectivity index is 1.48. The average molecular weight is 490 g/mol. The van der Waals surface area contributed by atoms with E-state index in [2.05, 4.69) is 10.6 Å². The molecule has 0 aliphatic carbocycles. The molecule has 8 nitrogen and oxygen atoms in total. The van der Waals surface area contributed by atoms with Crippen LogP contribution in [0.3, 0.4) is 0 Å². The Bertz CT molecular complexity index is 1200. The van der Waals surface area contributed by atoms with E-state index in [1.807, 2.05) is 6.92 Å². The van der Waals surface area contributed by atoms with Gasteiger partial charge < -0.3 is 15.4 Å². The van der Waals surface area contributed by atoms with Crippen LogP contribution in [0, 0.1) is 18.7 Å². The van der Waals surface area contributed by atoms with Gasteiger partial charge in [0.25, 0.3) is 5.91 Å². The number of rotatable bonds is 6.